The number of hydrogen-bond acceptors (Lipinski definition) is 4. The molecule has 1 aliphatic rings. The lowest BCUT2D eigenvalue weighted by Crippen LogP contribution is -2.38. The lowest BCUT2D eigenvalue weighted by atomic mass is 10.1. The van der Waals surface area contributed by atoms with E-state index in [1.807, 2.05) is 19.1 Å². The molecule has 19 heavy (non-hydrogen) atoms. The molecule has 1 aromatic carbocycles. The topological polar surface area (TPSA) is 55.6 Å². The van der Waals surface area contributed by atoms with Crippen LogP contribution in [0.4, 0.5) is 5.69 Å². The van der Waals surface area contributed by atoms with E-state index in [-0.39, 0.29) is 12.0 Å². The van der Waals surface area contributed by atoms with E-state index in [1.165, 1.54) is 11.1 Å². The molecular formula is C15H22N2O2. The quantitative estimate of drug-likeness (QED) is 0.653. The van der Waals surface area contributed by atoms with Gasteiger partial charge in [0.15, 0.2) is 0 Å². The highest BCUT2D eigenvalue weighted by atomic mass is 16.5. The largest absolute Gasteiger partial charge is 0.465 e. The van der Waals surface area contributed by atoms with Crippen molar-refractivity contribution >= 4 is 11.7 Å². The fraction of sp³-hybridized carbons (Fsp3) is 0.533. The van der Waals surface area contributed by atoms with Crippen molar-refractivity contribution in [3.05, 3.63) is 29.3 Å². The molecule has 0 spiro atoms. The molecule has 0 saturated carbocycles. The number of nitrogens with zero attached hydrogens (tertiary/aromatic N) is 1. The zero-order chi connectivity index (χ0) is 13.8. The first-order valence-electron chi connectivity index (χ1n) is 6.93. The second-order valence-electron chi connectivity index (χ2n) is 4.99. The number of carbonyl (C=O) groups excluding carboxylic acids is 1. The van der Waals surface area contributed by atoms with Gasteiger partial charge in [-0.1, -0.05) is 19.4 Å². The maximum absolute atomic E-state index is 12.0. The predicted molar refractivity (Wildman–Crippen MR) is 75.4 cm³/mol. The highest BCUT2D eigenvalue weighted by Gasteiger charge is 2.31. The van der Waals surface area contributed by atoms with Gasteiger partial charge in [-0.3, -0.25) is 9.69 Å². The van der Waals surface area contributed by atoms with Crippen LogP contribution < -0.4 is 5.73 Å². The smallest absolute Gasteiger partial charge is 0.323 e. The second kappa shape index (κ2) is 6.06. The Morgan fingerprint density at radius 3 is 2.79 bits per heavy atom. The zero-order valence-corrected chi connectivity index (χ0v) is 11.7. The molecule has 104 valence electrons. The molecule has 1 aromatic rings. The van der Waals surface area contributed by atoms with Crippen LogP contribution in [0.1, 0.15) is 37.8 Å². The van der Waals surface area contributed by atoms with E-state index in [2.05, 4.69) is 17.9 Å². The second-order valence-corrected chi connectivity index (χ2v) is 4.99. The summed E-state index contributed by atoms with van der Waals surface area (Å²) in [5.41, 5.74) is 9.08. The zero-order valence-electron chi connectivity index (χ0n) is 11.7. The van der Waals surface area contributed by atoms with Crippen molar-refractivity contribution in [3.8, 4) is 0 Å². The van der Waals surface area contributed by atoms with E-state index in [4.69, 9.17) is 10.5 Å². The van der Waals surface area contributed by atoms with Crippen LogP contribution in [0.2, 0.25) is 0 Å². The van der Waals surface area contributed by atoms with Crippen molar-refractivity contribution < 1.29 is 9.53 Å². The molecule has 0 aliphatic carbocycles. The van der Waals surface area contributed by atoms with Crippen LogP contribution in [0.25, 0.3) is 0 Å². The highest BCUT2D eigenvalue weighted by Crippen LogP contribution is 2.28. The number of ether oxygens (including phenoxy) is 1. The van der Waals surface area contributed by atoms with E-state index in [0.717, 1.165) is 31.6 Å². The van der Waals surface area contributed by atoms with Gasteiger partial charge < -0.3 is 10.5 Å². The Morgan fingerprint density at radius 2 is 2.11 bits per heavy atom. The minimum absolute atomic E-state index is 0.106. The number of rotatable bonds is 5. The van der Waals surface area contributed by atoms with Gasteiger partial charge in [0, 0.05) is 18.8 Å². The van der Waals surface area contributed by atoms with Crippen LogP contribution >= 0.6 is 0 Å². The molecule has 0 amide bonds. The third-order valence-electron chi connectivity index (χ3n) is 3.54. The summed E-state index contributed by atoms with van der Waals surface area (Å²) >= 11 is 0. The Bertz CT molecular complexity index is 459. The van der Waals surface area contributed by atoms with Crippen LogP contribution in [0.3, 0.4) is 0 Å². The number of hydrogen-bond donors (Lipinski definition) is 1. The van der Waals surface area contributed by atoms with Crippen molar-refractivity contribution in [3.63, 3.8) is 0 Å². The molecule has 0 saturated heterocycles. The summed E-state index contributed by atoms with van der Waals surface area (Å²) < 4.78 is 5.19. The van der Waals surface area contributed by atoms with Gasteiger partial charge in [0.2, 0.25) is 0 Å². The molecule has 0 aromatic heterocycles. The van der Waals surface area contributed by atoms with Gasteiger partial charge in [-0.2, -0.15) is 0 Å². The molecule has 4 heteroatoms. The molecule has 4 nitrogen and oxygen atoms in total. The fourth-order valence-electron chi connectivity index (χ4n) is 2.62. The minimum atomic E-state index is -0.140. The van der Waals surface area contributed by atoms with Crippen LogP contribution in [0, 0.1) is 0 Å². The summed E-state index contributed by atoms with van der Waals surface area (Å²) in [5.74, 6) is -0.106. The van der Waals surface area contributed by atoms with Gasteiger partial charge >= 0.3 is 5.97 Å². The molecule has 1 atom stereocenters. The Balaban J connectivity index is 2.11. The molecular weight excluding hydrogens is 240 g/mol. The van der Waals surface area contributed by atoms with Gasteiger partial charge in [0.25, 0.3) is 0 Å². The van der Waals surface area contributed by atoms with Crippen molar-refractivity contribution in [1.29, 1.82) is 0 Å². The number of carbonyl (C=O) groups is 1. The molecule has 0 radical (unpaired) electrons. The number of anilines is 1. The SMILES string of the molecule is CCCC(C(=O)OCC)N1Cc2ccc(N)cc2C1. The standard InChI is InChI=1S/C15H22N2O2/c1-3-5-14(15(18)19-4-2)17-9-11-6-7-13(16)8-12(11)10-17/h6-8,14H,3-5,9-10,16H2,1-2H3. The van der Waals surface area contributed by atoms with Crippen LogP contribution in [0.15, 0.2) is 18.2 Å². The van der Waals surface area contributed by atoms with Crippen LogP contribution in [-0.4, -0.2) is 23.5 Å². The number of nitrogen functional groups attached to an aromatic ring is 1. The van der Waals surface area contributed by atoms with E-state index in [1.54, 1.807) is 0 Å². The Morgan fingerprint density at radius 1 is 1.37 bits per heavy atom. The normalized spacial score (nSPS) is 16.1. The van der Waals surface area contributed by atoms with E-state index in [9.17, 15) is 4.79 Å². The first kappa shape index (κ1) is 13.9. The number of benzene rings is 1. The predicted octanol–water partition coefficient (Wildman–Crippen LogP) is 2.32. The first-order chi connectivity index (χ1) is 9.15. The number of nitrogens with two attached hydrogens (primary N) is 1. The van der Waals surface area contributed by atoms with E-state index in [0.29, 0.717) is 6.61 Å². The van der Waals surface area contributed by atoms with Gasteiger partial charge in [-0.15, -0.1) is 0 Å². The van der Waals surface area contributed by atoms with Gasteiger partial charge in [-0.25, -0.2) is 0 Å². The molecule has 1 heterocycles. The fourth-order valence-corrected chi connectivity index (χ4v) is 2.62. The Kier molecular flexibility index (Phi) is 4.43. The molecule has 0 bridgehead atoms. The van der Waals surface area contributed by atoms with Gasteiger partial charge in [-0.05, 0) is 36.6 Å². The average molecular weight is 262 g/mol. The van der Waals surface area contributed by atoms with Crippen LogP contribution in [0.5, 0.6) is 0 Å². The maximum Gasteiger partial charge on any atom is 0.323 e. The molecule has 2 rings (SSSR count). The Hall–Kier alpha value is -1.55. The van der Waals surface area contributed by atoms with Crippen LogP contribution in [-0.2, 0) is 22.6 Å². The molecule has 2 N–H and O–H groups in total. The average Bonchev–Trinajstić information content (AvgIpc) is 2.78. The van der Waals surface area contributed by atoms with Crippen molar-refractivity contribution in [2.75, 3.05) is 12.3 Å². The molecule has 1 unspecified atom stereocenters. The van der Waals surface area contributed by atoms with E-state index < -0.39 is 0 Å². The summed E-state index contributed by atoms with van der Waals surface area (Å²) in [6.45, 7) is 5.96. The van der Waals surface area contributed by atoms with Crippen molar-refractivity contribution in [2.24, 2.45) is 0 Å². The van der Waals surface area contributed by atoms with Crippen molar-refractivity contribution in [1.82, 2.24) is 4.90 Å². The molecule has 0 fully saturated rings. The maximum atomic E-state index is 12.0. The summed E-state index contributed by atoms with van der Waals surface area (Å²) in [5, 5.41) is 0. The summed E-state index contributed by atoms with van der Waals surface area (Å²) in [6, 6.07) is 5.84. The number of fused-ring (bicyclic) bond motifs is 1. The third kappa shape index (κ3) is 3.07. The third-order valence-corrected chi connectivity index (χ3v) is 3.54. The van der Waals surface area contributed by atoms with Gasteiger partial charge in [0.1, 0.15) is 6.04 Å². The summed E-state index contributed by atoms with van der Waals surface area (Å²) in [4.78, 5) is 14.2. The Labute approximate surface area is 114 Å². The first-order valence-corrected chi connectivity index (χ1v) is 6.93. The lowest BCUT2D eigenvalue weighted by molar-refractivity contribution is -0.150. The monoisotopic (exact) mass is 262 g/mol. The number of esters is 1. The van der Waals surface area contributed by atoms with Gasteiger partial charge in [0.05, 0.1) is 6.61 Å². The minimum Gasteiger partial charge on any atom is -0.465 e. The van der Waals surface area contributed by atoms with E-state index >= 15 is 0 Å². The molecule has 1 aliphatic heterocycles. The summed E-state index contributed by atoms with van der Waals surface area (Å²) in [6.07, 6.45) is 1.81. The highest BCUT2D eigenvalue weighted by molar-refractivity contribution is 5.76. The lowest BCUT2D eigenvalue weighted by Gasteiger charge is -2.25. The van der Waals surface area contributed by atoms with Crippen molar-refractivity contribution in [2.45, 2.75) is 45.8 Å². The summed E-state index contributed by atoms with van der Waals surface area (Å²) in [7, 11) is 0.